The number of likely N-dealkylation sites (tertiary alicyclic amines) is 1. The molecule has 116 valence electrons. The first-order chi connectivity index (χ1) is 9.92. The molecule has 0 unspecified atom stereocenters. The number of fused-ring (bicyclic) bond motifs is 1. The van der Waals surface area contributed by atoms with E-state index in [2.05, 4.69) is 50.8 Å². The average molecular weight is 287 g/mol. The summed E-state index contributed by atoms with van der Waals surface area (Å²) in [6.45, 7) is 12.6. The Labute approximate surface area is 129 Å². The normalized spacial score (nSPS) is 21.9. The average Bonchev–Trinajstić information content (AvgIpc) is 2.46. The van der Waals surface area contributed by atoms with Crippen LogP contribution in [-0.4, -0.2) is 30.1 Å². The van der Waals surface area contributed by atoms with E-state index >= 15 is 0 Å². The molecular weight excluding hydrogens is 258 g/mol. The van der Waals surface area contributed by atoms with E-state index in [1.807, 2.05) is 0 Å². The van der Waals surface area contributed by atoms with Gasteiger partial charge >= 0.3 is 0 Å². The summed E-state index contributed by atoms with van der Waals surface area (Å²) >= 11 is 0. The molecule has 0 aromatic heterocycles. The Kier molecular flexibility index (Phi) is 3.77. The third kappa shape index (κ3) is 2.96. The van der Waals surface area contributed by atoms with Gasteiger partial charge in [0.25, 0.3) is 0 Å². The minimum Gasteiger partial charge on any atom is -0.487 e. The highest BCUT2D eigenvalue weighted by atomic mass is 16.5. The zero-order chi connectivity index (χ0) is 15.1. The molecule has 2 heterocycles. The fourth-order valence-corrected chi connectivity index (χ4v) is 3.62. The van der Waals surface area contributed by atoms with E-state index in [0.29, 0.717) is 0 Å². The maximum absolute atomic E-state index is 6.49. The lowest BCUT2D eigenvalue weighted by Crippen LogP contribution is -2.49. The van der Waals surface area contributed by atoms with E-state index in [1.165, 1.54) is 56.4 Å². The zero-order valence-corrected chi connectivity index (χ0v) is 14.0. The highest BCUT2D eigenvalue weighted by molar-refractivity contribution is 5.41. The fraction of sp³-hybridized carbons (Fsp3) is 0.684. The standard InChI is InChI=1S/C19H29NO/c1-5-20-12-10-19(11-13-20)9-8-15-14-16(18(2,3)4)6-7-17(15)21-19/h6-7,14H,5,8-13H2,1-4H3. The molecule has 3 rings (SSSR count). The van der Waals surface area contributed by atoms with E-state index in [-0.39, 0.29) is 11.0 Å². The summed E-state index contributed by atoms with van der Waals surface area (Å²) in [5.41, 5.74) is 3.16. The Bertz CT molecular complexity index is 507. The second-order valence-electron chi connectivity index (χ2n) is 7.79. The molecule has 21 heavy (non-hydrogen) atoms. The smallest absolute Gasteiger partial charge is 0.123 e. The quantitative estimate of drug-likeness (QED) is 0.769. The number of rotatable bonds is 1. The molecule has 0 bridgehead atoms. The molecule has 0 N–H and O–H groups in total. The molecule has 1 aromatic rings. The van der Waals surface area contributed by atoms with Crippen LogP contribution in [0.4, 0.5) is 0 Å². The van der Waals surface area contributed by atoms with Crippen molar-refractivity contribution in [2.45, 2.75) is 64.4 Å². The molecular formula is C19H29NO. The van der Waals surface area contributed by atoms with Crippen LogP contribution in [-0.2, 0) is 11.8 Å². The molecule has 2 aliphatic rings. The first kappa shape index (κ1) is 14.9. The van der Waals surface area contributed by atoms with Crippen LogP contribution in [0.3, 0.4) is 0 Å². The van der Waals surface area contributed by atoms with Gasteiger partial charge in [0.2, 0.25) is 0 Å². The van der Waals surface area contributed by atoms with Gasteiger partial charge in [0, 0.05) is 13.1 Å². The van der Waals surface area contributed by atoms with Crippen molar-refractivity contribution in [3.63, 3.8) is 0 Å². The summed E-state index contributed by atoms with van der Waals surface area (Å²) in [5, 5.41) is 0. The minimum absolute atomic E-state index is 0.113. The Hall–Kier alpha value is -1.02. The molecule has 0 aliphatic carbocycles. The number of hydrogen-bond donors (Lipinski definition) is 0. The van der Waals surface area contributed by atoms with Crippen LogP contribution >= 0.6 is 0 Å². The monoisotopic (exact) mass is 287 g/mol. The molecule has 0 atom stereocenters. The van der Waals surface area contributed by atoms with Crippen LogP contribution in [0, 0.1) is 0 Å². The Balaban J connectivity index is 1.78. The SMILES string of the molecule is CCN1CCC2(CCc3cc(C(C)(C)C)ccc3O2)CC1. The zero-order valence-electron chi connectivity index (χ0n) is 14.0. The molecule has 2 heteroatoms. The predicted molar refractivity (Wildman–Crippen MR) is 88.2 cm³/mol. The summed E-state index contributed by atoms with van der Waals surface area (Å²) in [6.07, 6.45) is 4.72. The van der Waals surface area contributed by atoms with Crippen LogP contribution in [0.5, 0.6) is 5.75 Å². The van der Waals surface area contributed by atoms with Crippen LogP contribution in [0.2, 0.25) is 0 Å². The number of nitrogens with zero attached hydrogens (tertiary/aromatic N) is 1. The maximum Gasteiger partial charge on any atom is 0.123 e. The Morgan fingerprint density at radius 3 is 2.48 bits per heavy atom. The Morgan fingerprint density at radius 2 is 1.86 bits per heavy atom. The third-order valence-corrected chi connectivity index (χ3v) is 5.32. The van der Waals surface area contributed by atoms with Gasteiger partial charge in [-0.3, -0.25) is 0 Å². The lowest BCUT2D eigenvalue weighted by atomic mass is 9.81. The first-order valence-electron chi connectivity index (χ1n) is 8.47. The molecule has 1 spiro atoms. The van der Waals surface area contributed by atoms with E-state index in [4.69, 9.17) is 4.74 Å². The highest BCUT2D eigenvalue weighted by Crippen LogP contribution is 2.40. The van der Waals surface area contributed by atoms with Gasteiger partial charge in [0.05, 0.1) is 0 Å². The molecule has 0 radical (unpaired) electrons. The van der Waals surface area contributed by atoms with Crippen molar-refractivity contribution in [2.24, 2.45) is 0 Å². The number of ether oxygens (including phenoxy) is 1. The van der Waals surface area contributed by atoms with Gasteiger partial charge in [-0.1, -0.05) is 39.8 Å². The lowest BCUT2D eigenvalue weighted by molar-refractivity contribution is -0.0133. The molecule has 1 saturated heterocycles. The van der Waals surface area contributed by atoms with Gasteiger partial charge in [-0.05, 0) is 54.8 Å². The van der Waals surface area contributed by atoms with E-state index in [1.54, 1.807) is 0 Å². The summed E-state index contributed by atoms with van der Waals surface area (Å²) in [5.74, 6) is 1.14. The van der Waals surface area contributed by atoms with Gasteiger partial charge in [-0.25, -0.2) is 0 Å². The van der Waals surface area contributed by atoms with Gasteiger partial charge < -0.3 is 9.64 Å². The summed E-state index contributed by atoms with van der Waals surface area (Å²) in [7, 11) is 0. The summed E-state index contributed by atoms with van der Waals surface area (Å²) in [4.78, 5) is 2.53. The molecule has 1 aromatic carbocycles. The van der Waals surface area contributed by atoms with Gasteiger partial charge in [0.15, 0.2) is 0 Å². The fourth-order valence-electron chi connectivity index (χ4n) is 3.62. The van der Waals surface area contributed by atoms with Crippen molar-refractivity contribution in [1.29, 1.82) is 0 Å². The van der Waals surface area contributed by atoms with Gasteiger partial charge in [-0.15, -0.1) is 0 Å². The van der Waals surface area contributed by atoms with E-state index in [0.717, 1.165) is 5.75 Å². The van der Waals surface area contributed by atoms with Crippen molar-refractivity contribution in [2.75, 3.05) is 19.6 Å². The molecule has 2 nitrogen and oxygen atoms in total. The largest absolute Gasteiger partial charge is 0.487 e. The number of benzene rings is 1. The Morgan fingerprint density at radius 1 is 1.14 bits per heavy atom. The van der Waals surface area contributed by atoms with Crippen molar-refractivity contribution >= 4 is 0 Å². The number of hydrogen-bond acceptors (Lipinski definition) is 2. The van der Waals surface area contributed by atoms with E-state index < -0.39 is 0 Å². The van der Waals surface area contributed by atoms with Crippen molar-refractivity contribution in [3.8, 4) is 5.75 Å². The van der Waals surface area contributed by atoms with Crippen LogP contribution in [0.15, 0.2) is 18.2 Å². The summed E-state index contributed by atoms with van der Waals surface area (Å²) < 4.78 is 6.49. The maximum atomic E-state index is 6.49. The van der Waals surface area contributed by atoms with Crippen LogP contribution < -0.4 is 4.74 Å². The van der Waals surface area contributed by atoms with E-state index in [9.17, 15) is 0 Å². The third-order valence-electron chi connectivity index (χ3n) is 5.32. The molecule has 2 aliphatic heterocycles. The second-order valence-corrected chi connectivity index (χ2v) is 7.79. The lowest BCUT2D eigenvalue weighted by Gasteiger charge is -2.44. The van der Waals surface area contributed by atoms with Gasteiger partial charge in [0.1, 0.15) is 11.4 Å². The molecule has 1 fully saturated rings. The van der Waals surface area contributed by atoms with Crippen LogP contribution in [0.1, 0.15) is 58.1 Å². The predicted octanol–water partition coefficient (Wildman–Crippen LogP) is 4.16. The van der Waals surface area contributed by atoms with Crippen molar-refractivity contribution < 1.29 is 4.74 Å². The minimum atomic E-state index is 0.113. The van der Waals surface area contributed by atoms with Crippen LogP contribution in [0.25, 0.3) is 0 Å². The first-order valence-corrected chi connectivity index (χ1v) is 8.47. The second kappa shape index (κ2) is 5.31. The highest BCUT2D eigenvalue weighted by Gasteiger charge is 2.39. The van der Waals surface area contributed by atoms with Crippen molar-refractivity contribution in [1.82, 2.24) is 4.90 Å². The molecule has 0 saturated carbocycles. The summed E-state index contributed by atoms with van der Waals surface area (Å²) in [6, 6.07) is 6.82. The number of piperidine rings is 1. The van der Waals surface area contributed by atoms with Crippen molar-refractivity contribution in [3.05, 3.63) is 29.3 Å². The number of aryl methyl sites for hydroxylation is 1. The topological polar surface area (TPSA) is 12.5 Å². The molecule has 0 amide bonds. The van der Waals surface area contributed by atoms with Gasteiger partial charge in [-0.2, -0.15) is 0 Å².